The molecule has 6 N–H and O–H groups in total. The number of hydrogen-bond donors (Lipinski definition) is 5. The van der Waals surface area contributed by atoms with E-state index in [9.17, 15) is 10.2 Å². The molecule has 0 saturated carbocycles. The molecule has 0 spiro atoms. The summed E-state index contributed by atoms with van der Waals surface area (Å²) in [5.41, 5.74) is 6.44. The Balaban J connectivity index is 2.59. The summed E-state index contributed by atoms with van der Waals surface area (Å²) < 4.78 is 0. The minimum Gasteiger partial charge on any atom is -0.505 e. The second kappa shape index (κ2) is 5.44. The second-order valence-electron chi connectivity index (χ2n) is 4.52. The summed E-state index contributed by atoms with van der Waals surface area (Å²) in [6, 6.07) is 8.34. The van der Waals surface area contributed by atoms with Gasteiger partial charge in [-0.3, -0.25) is 0 Å². The highest BCUT2D eigenvalue weighted by molar-refractivity contribution is 5.94. The number of anilines is 1. The van der Waals surface area contributed by atoms with E-state index < -0.39 is 12.0 Å². The molecule has 1 unspecified atom stereocenters. The number of phenols is 1. The quantitative estimate of drug-likeness (QED) is 0.413. The average molecular weight is 263 g/mol. The maximum atomic E-state index is 10.2. The fraction of sp³-hybridized carbons (Fsp3) is 0.286. The maximum absolute atomic E-state index is 10.2. The molecule has 0 radical (unpaired) electrons. The van der Waals surface area contributed by atoms with Crippen LogP contribution in [-0.2, 0) is 0 Å². The third-order valence-electron chi connectivity index (χ3n) is 3.33. The lowest BCUT2D eigenvalue weighted by Gasteiger charge is -2.21. The van der Waals surface area contributed by atoms with Gasteiger partial charge in [0, 0.05) is 11.3 Å². The molecule has 102 valence electrons. The second-order valence-corrected chi connectivity index (χ2v) is 4.52. The Morgan fingerprint density at radius 1 is 1.00 bits per heavy atom. The van der Waals surface area contributed by atoms with Crippen LogP contribution in [0, 0.1) is 5.92 Å². The van der Waals surface area contributed by atoms with Crippen molar-refractivity contribution in [3.05, 3.63) is 35.9 Å². The molecule has 0 heterocycles. The SMILES string of the molecule is Nc1ccc2c(C(O)C(CO)CO)cccc2c1O. The number of fused-ring (bicyclic) bond motifs is 1. The molecule has 5 nitrogen and oxygen atoms in total. The lowest BCUT2D eigenvalue weighted by atomic mass is 9.92. The van der Waals surface area contributed by atoms with Crippen LogP contribution in [0.4, 0.5) is 5.69 Å². The smallest absolute Gasteiger partial charge is 0.146 e. The molecule has 0 aliphatic heterocycles. The number of nitrogen functional groups attached to an aromatic ring is 1. The monoisotopic (exact) mass is 263 g/mol. The van der Waals surface area contributed by atoms with Crippen LogP contribution in [-0.4, -0.2) is 33.6 Å². The van der Waals surface area contributed by atoms with Gasteiger partial charge in [-0.05, 0) is 17.0 Å². The van der Waals surface area contributed by atoms with Gasteiger partial charge in [-0.1, -0.05) is 24.3 Å². The molecule has 5 heteroatoms. The molecule has 0 amide bonds. The highest BCUT2D eigenvalue weighted by Crippen LogP contribution is 2.35. The minimum absolute atomic E-state index is 0.0314. The average Bonchev–Trinajstić information content (AvgIpc) is 2.43. The summed E-state index contributed by atoms with van der Waals surface area (Å²) in [7, 11) is 0. The highest BCUT2D eigenvalue weighted by Gasteiger charge is 2.21. The summed E-state index contributed by atoms with van der Waals surface area (Å²) in [6.45, 7) is -0.649. The first kappa shape index (κ1) is 13.6. The molecule has 0 aromatic heterocycles. The van der Waals surface area contributed by atoms with Crippen molar-refractivity contribution in [1.82, 2.24) is 0 Å². The summed E-state index contributed by atoms with van der Waals surface area (Å²) in [6.07, 6.45) is -1.01. The third-order valence-corrected chi connectivity index (χ3v) is 3.33. The number of nitrogens with two attached hydrogens (primary N) is 1. The summed E-state index contributed by atoms with van der Waals surface area (Å²) in [4.78, 5) is 0. The van der Waals surface area contributed by atoms with Gasteiger partial charge in [0.2, 0.25) is 0 Å². The zero-order valence-corrected chi connectivity index (χ0v) is 10.3. The number of benzene rings is 2. The van der Waals surface area contributed by atoms with Crippen molar-refractivity contribution >= 4 is 16.5 Å². The first-order chi connectivity index (χ1) is 9.10. The van der Waals surface area contributed by atoms with Gasteiger partial charge < -0.3 is 26.2 Å². The van der Waals surface area contributed by atoms with E-state index in [0.717, 1.165) is 0 Å². The minimum atomic E-state index is -1.01. The first-order valence-corrected chi connectivity index (χ1v) is 6.00. The number of aliphatic hydroxyl groups is 3. The van der Waals surface area contributed by atoms with Gasteiger partial charge in [0.05, 0.1) is 25.0 Å². The molecule has 0 fully saturated rings. The Morgan fingerprint density at radius 3 is 2.32 bits per heavy atom. The summed E-state index contributed by atoms with van der Waals surface area (Å²) in [5, 5.41) is 39.6. The normalized spacial score (nSPS) is 13.1. The Hall–Kier alpha value is -1.82. The van der Waals surface area contributed by atoms with Crippen molar-refractivity contribution in [2.45, 2.75) is 6.10 Å². The Morgan fingerprint density at radius 2 is 1.68 bits per heavy atom. The van der Waals surface area contributed by atoms with Gasteiger partial charge in [0.25, 0.3) is 0 Å². The molecule has 2 rings (SSSR count). The number of aliphatic hydroxyl groups excluding tert-OH is 3. The molecule has 1 atom stereocenters. The van der Waals surface area contributed by atoms with E-state index in [-0.39, 0.29) is 24.7 Å². The Bertz CT molecular complexity index is 581. The van der Waals surface area contributed by atoms with Crippen LogP contribution in [0.1, 0.15) is 11.7 Å². The molecule has 2 aromatic rings. The topological polar surface area (TPSA) is 107 Å². The van der Waals surface area contributed by atoms with E-state index >= 15 is 0 Å². The van der Waals surface area contributed by atoms with Crippen LogP contribution in [0.3, 0.4) is 0 Å². The molecule has 0 aliphatic rings. The van der Waals surface area contributed by atoms with Gasteiger partial charge >= 0.3 is 0 Å². The highest BCUT2D eigenvalue weighted by atomic mass is 16.3. The molecule has 0 aliphatic carbocycles. The van der Waals surface area contributed by atoms with E-state index in [2.05, 4.69) is 0 Å². The molecule has 0 saturated heterocycles. The van der Waals surface area contributed by atoms with E-state index in [1.54, 1.807) is 30.3 Å². The van der Waals surface area contributed by atoms with Gasteiger partial charge in [0.15, 0.2) is 0 Å². The van der Waals surface area contributed by atoms with Gasteiger partial charge in [-0.25, -0.2) is 0 Å². The van der Waals surface area contributed by atoms with Crippen molar-refractivity contribution in [2.75, 3.05) is 18.9 Å². The van der Waals surface area contributed by atoms with E-state index in [1.165, 1.54) is 0 Å². The molecule has 0 bridgehead atoms. The molecule has 2 aromatic carbocycles. The third kappa shape index (κ3) is 2.35. The van der Waals surface area contributed by atoms with E-state index in [4.69, 9.17) is 15.9 Å². The van der Waals surface area contributed by atoms with E-state index in [0.29, 0.717) is 16.3 Å². The number of hydrogen-bond acceptors (Lipinski definition) is 5. The van der Waals surface area contributed by atoms with Crippen LogP contribution in [0.5, 0.6) is 5.75 Å². The van der Waals surface area contributed by atoms with Gasteiger partial charge in [-0.2, -0.15) is 0 Å². The van der Waals surface area contributed by atoms with E-state index in [1.807, 2.05) is 0 Å². The van der Waals surface area contributed by atoms with Crippen molar-refractivity contribution < 1.29 is 20.4 Å². The first-order valence-electron chi connectivity index (χ1n) is 6.00. The summed E-state index contributed by atoms with van der Waals surface area (Å²) in [5.74, 6) is -0.693. The Labute approximate surface area is 110 Å². The van der Waals surface area contributed by atoms with Gasteiger partial charge in [0.1, 0.15) is 5.75 Å². The maximum Gasteiger partial charge on any atom is 0.146 e. The summed E-state index contributed by atoms with van der Waals surface area (Å²) >= 11 is 0. The molecule has 19 heavy (non-hydrogen) atoms. The fourth-order valence-electron chi connectivity index (χ4n) is 2.15. The van der Waals surface area contributed by atoms with Crippen LogP contribution < -0.4 is 5.73 Å². The van der Waals surface area contributed by atoms with Gasteiger partial charge in [-0.15, -0.1) is 0 Å². The van der Waals surface area contributed by atoms with Crippen molar-refractivity contribution in [1.29, 1.82) is 0 Å². The Kier molecular flexibility index (Phi) is 3.90. The van der Waals surface area contributed by atoms with Crippen molar-refractivity contribution in [2.24, 2.45) is 5.92 Å². The predicted molar refractivity (Wildman–Crippen MR) is 72.6 cm³/mol. The standard InChI is InChI=1S/C14H17NO4/c15-12-5-4-9-10(13(18)8(6-16)7-17)2-1-3-11(9)14(12)19/h1-5,8,13,16-19H,6-7,15H2. The zero-order chi connectivity index (χ0) is 14.0. The molecular weight excluding hydrogens is 246 g/mol. The number of phenolic OH excluding ortho intramolecular Hbond substituents is 1. The zero-order valence-electron chi connectivity index (χ0n) is 10.3. The largest absolute Gasteiger partial charge is 0.505 e. The molecular formula is C14H17NO4. The van der Waals surface area contributed by atoms with Crippen LogP contribution in [0.2, 0.25) is 0 Å². The fourth-order valence-corrected chi connectivity index (χ4v) is 2.15. The van der Waals surface area contributed by atoms with Crippen LogP contribution in [0.15, 0.2) is 30.3 Å². The van der Waals surface area contributed by atoms with Crippen LogP contribution in [0.25, 0.3) is 10.8 Å². The number of rotatable bonds is 4. The van der Waals surface area contributed by atoms with Crippen molar-refractivity contribution in [3.8, 4) is 5.75 Å². The van der Waals surface area contributed by atoms with Crippen molar-refractivity contribution in [3.63, 3.8) is 0 Å². The lowest BCUT2D eigenvalue weighted by molar-refractivity contribution is 0.0319. The van der Waals surface area contributed by atoms with Crippen LogP contribution >= 0.6 is 0 Å². The number of aromatic hydroxyl groups is 1. The lowest BCUT2D eigenvalue weighted by Crippen LogP contribution is -2.20. The predicted octanol–water partition coefficient (Wildman–Crippen LogP) is 0.762.